The summed E-state index contributed by atoms with van der Waals surface area (Å²) < 4.78 is 0. The first-order valence-electron chi connectivity index (χ1n) is 12.3. The number of hydrogen-bond donors (Lipinski definition) is 4. The van der Waals surface area contributed by atoms with Gasteiger partial charge in [-0.1, -0.05) is 24.3 Å². The second-order valence-corrected chi connectivity index (χ2v) is 9.47. The Balaban J connectivity index is 1.11. The zero-order valence-electron chi connectivity index (χ0n) is 19.9. The molecule has 1 aliphatic carbocycles. The number of rotatable bonds is 6. The maximum absolute atomic E-state index is 13.0. The molecule has 2 heterocycles. The molecule has 5 rings (SSSR count). The van der Waals surface area contributed by atoms with E-state index in [0.717, 1.165) is 22.3 Å². The molecule has 2 fully saturated rings. The molecule has 0 radical (unpaired) electrons. The van der Waals surface area contributed by atoms with E-state index >= 15 is 0 Å². The fraction of sp³-hybridized carbons (Fsp3) is 0.385. The van der Waals surface area contributed by atoms with Gasteiger partial charge in [0.15, 0.2) is 5.82 Å². The first kappa shape index (κ1) is 23.8. The Kier molecular flexibility index (Phi) is 6.86. The van der Waals surface area contributed by atoms with Crippen molar-refractivity contribution in [3.05, 3.63) is 59.7 Å². The number of anilines is 1. The molecule has 0 bridgehead atoms. The standard InChI is InChI=1S/C26H30N6O4/c33-24(30-36)19-9-10-20(15-19)26(35)32-13-11-31(12-14-32)25(34)18-7-5-17(6-8-18)16-27-23-21-3-1-2-4-22(21)28-29-23/h1-8,19-20,36H,9-16H2,(H,30,33)(H2,27,28,29). The largest absolute Gasteiger partial charge is 0.364 e. The topological polar surface area (TPSA) is 131 Å². The van der Waals surface area contributed by atoms with Crippen LogP contribution in [0, 0.1) is 11.8 Å². The second-order valence-electron chi connectivity index (χ2n) is 9.47. The van der Waals surface area contributed by atoms with E-state index in [-0.39, 0.29) is 23.7 Å². The van der Waals surface area contributed by atoms with Crippen LogP contribution in [-0.4, -0.2) is 69.1 Å². The molecule has 2 unspecified atom stereocenters. The molecule has 3 amide bonds. The highest BCUT2D eigenvalue weighted by Crippen LogP contribution is 2.32. The van der Waals surface area contributed by atoms with E-state index in [1.807, 2.05) is 48.5 Å². The first-order valence-corrected chi connectivity index (χ1v) is 12.3. The van der Waals surface area contributed by atoms with E-state index in [0.29, 0.717) is 57.5 Å². The molecule has 2 aliphatic rings. The van der Waals surface area contributed by atoms with Crippen molar-refractivity contribution in [1.82, 2.24) is 25.5 Å². The van der Waals surface area contributed by atoms with Crippen LogP contribution in [0.15, 0.2) is 48.5 Å². The van der Waals surface area contributed by atoms with Crippen LogP contribution in [0.4, 0.5) is 5.82 Å². The van der Waals surface area contributed by atoms with Crippen molar-refractivity contribution in [3.63, 3.8) is 0 Å². The average Bonchev–Trinajstić information content (AvgIpc) is 3.59. The summed E-state index contributed by atoms with van der Waals surface area (Å²) in [5.41, 5.74) is 4.33. The number of benzene rings is 2. The smallest absolute Gasteiger partial charge is 0.253 e. The Hall–Kier alpha value is -3.92. The van der Waals surface area contributed by atoms with Crippen molar-refractivity contribution < 1.29 is 19.6 Å². The van der Waals surface area contributed by atoms with Crippen LogP contribution >= 0.6 is 0 Å². The Morgan fingerprint density at radius 3 is 2.39 bits per heavy atom. The number of carbonyl (C=O) groups is 3. The number of aromatic nitrogens is 2. The Labute approximate surface area is 208 Å². The maximum atomic E-state index is 13.0. The van der Waals surface area contributed by atoms with E-state index in [1.54, 1.807) is 15.3 Å². The van der Waals surface area contributed by atoms with Gasteiger partial charge in [-0.25, -0.2) is 5.48 Å². The molecular formula is C26H30N6O4. The van der Waals surface area contributed by atoms with Crippen molar-refractivity contribution in [2.45, 2.75) is 25.8 Å². The summed E-state index contributed by atoms with van der Waals surface area (Å²) in [6, 6.07) is 15.5. The van der Waals surface area contributed by atoms with Crippen LogP contribution in [0.3, 0.4) is 0 Å². The summed E-state index contributed by atoms with van der Waals surface area (Å²) in [5.74, 6) is -0.142. The van der Waals surface area contributed by atoms with Crippen molar-refractivity contribution in [2.24, 2.45) is 11.8 Å². The number of aromatic amines is 1. The van der Waals surface area contributed by atoms with Gasteiger partial charge in [0.05, 0.1) is 5.52 Å². The van der Waals surface area contributed by atoms with E-state index in [4.69, 9.17) is 5.21 Å². The van der Waals surface area contributed by atoms with Crippen LogP contribution in [0.5, 0.6) is 0 Å². The molecule has 2 atom stereocenters. The lowest BCUT2D eigenvalue weighted by atomic mass is 10.0. The number of fused-ring (bicyclic) bond motifs is 1. The van der Waals surface area contributed by atoms with Gasteiger partial charge in [0, 0.05) is 55.5 Å². The van der Waals surface area contributed by atoms with E-state index in [9.17, 15) is 14.4 Å². The van der Waals surface area contributed by atoms with Gasteiger partial charge in [0.2, 0.25) is 11.8 Å². The lowest BCUT2D eigenvalue weighted by Crippen LogP contribution is -2.51. The van der Waals surface area contributed by atoms with Gasteiger partial charge >= 0.3 is 0 Å². The van der Waals surface area contributed by atoms with Crippen molar-refractivity contribution in [2.75, 3.05) is 31.5 Å². The second kappa shape index (κ2) is 10.4. The van der Waals surface area contributed by atoms with Gasteiger partial charge in [0.1, 0.15) is 0 Å². The number of hydroxylamine groups is 1. The minimum Gasteiger partial charge on any atom is -0.364 e. The number of piperazine rings is 1. The molecule has 3 aromatic rings. The number of nitrogens with zero attached hydrogens (tertiary/aromatic N) is 3. The van der Waals surface area contributed by atoms with Gasteiger partial charge < -0.3 is 15.1 Å². The predicted molar refractivity (Wildman–Crippen MR) is 133 cm³/mol. The van der Waals surface area contributed by atoms with Crippen LogP contribution in [0.1, 0.15) is 35.2 Å². The molecule has 10 heteroatoms. The summed E-state index contributed by atoms with van der Waals surface area (Å²) in [6.45, 7) is 2.52. The average molecular weight is 491 g/mol. The van der Waals surface area contributed by atoms with Crippen molar-refractivity contribution in [3.8, 4) is 0 Å². The Morgan fingerprint density at radius 2 is 1.64 bits per heavy atom. The van der Waals surface area contributed by atoms with Crippen LogP contribution in [0.2, 0.25) is 0 Å². The van der Waals surface area contributed by atoms with Crippen LogP contribution < -0.4 is 10.8 Å². The normalized spacial score (nSPS) is 19.9. The number of hydrogen-bond acceptors (Lipinski definition) is 6. The summed E-state index contributed by atoms with van der Waals surface area (Å²) in [4.78, 5) is 41.1. The number of nitrogens with one attached hydrogen (secondary N) is 3. The summed E-state index contributed by atoms with van der Waals surface area (Å²) >= 11 is 0. The molecule has 188 valence electrons. The molecule has 1 saturated heterocycles. The van der Waals surface area contributed by atoms with Crippen LogP contribution in [0.25, 0.3) is 10.9 Å². The molecule has 1 saturated carbocycles. The van der Waals surface area contributed by atoms with Gasteiger partial charge in [-0.3, -0.25) is 24.7 Å². The Morgan fingerprint density at radius 1 is 0.944 bits per heavy atom. The number of carbonyl (C=O) groups excluding carboxylic acids is 3. The lowest BCUT2D eigenvalue weighted by Gasteiger charge is -2.36. The lowest BCUT2D eigenvalue weighted by molar-refractivity contribution is -0.137. The quantitative estimate of drug-likeness (QED) is 0.310. The highest BCUT2D eigenvalue weighted by atomic mass is 16.5. The minimum atomic E-state index is -0.419. The number of H-pyrrole nitrogens is 1. The molecule has 10 nitrogen and oxygen atoms in total. The van der Waals surface area contributed by atoms with Gasteiger partial charge in [0.25, 0.3) is 5.91 Å². The third-order valence-electron chi connectivity index (χ3n) is 7.27. The molecule has 0 spiro atoms. The Bertz CT molecular complexity index is 1250. The SMILES string of the molecule is O=C(NO)C1CCC(C(=O)N2CCN(C(=O)c3ccc(CNc4n[nH]c5ccccc45)cc3)CC2)C1. The fourth-order valence-electron chi connectivity index (χ4n) is 5.16. The highest BCUT2D eigenvalue weighted by molar-refractivity contribution is 5.94. The number of para-hydroxylation sites is 1. The summed E-state index contributed by atoms with van der Waals surface area (Å²) in [6.07, 6.45) is 1.71. The molecule has 1 aliphatic heterocycles. The van der Waals surface area contributed by atoms with Gasteiger partial charge in [-0.2, -0.15) is 5.10 Å². The first-order chi connectivity index (χ1) is 17.5. The van der Waals surface area contributed by atoms with E-state index < -0.39 is 5.91 Å². The molecule has 36 heavy (non-hydrogen) atoms. The van der Waals surface area contributed by atoms with Crippen LogP contribution in [-0.2, 0) is 16.1 Å². The maximum Gasteiger partial charge on any atom is 0.253 e. The molecular weight excluding hydrogens is 460 g/mol. The third-order valence-corrected chi connectivity index (χ3v) is 7.27. The monoisotopic (exact) mass is 490 g/mol. The third kappa shape index (κ3) is 4.90. The van der Waals surface area contributed by atoms with Crippen molar-refractivity contribution >= 4 is 34.4 Å². The van der Waals surface area contributed by atoms with E-state index in [1.165, 1.54) is 0 Å². The number of amides is 3. The zero-order chi connectivity index (χ0) is 25.1. The summed E-state index contributed by atoms with van der Waals surface area (Å²) in [5, 5.41) is 20.5. The van der Waals surface area contributed by atoms with Crippen molar-refractivity contribution in [1.29, 1.82) is 0 Å². The predicted octanol–water partition coefficient (Wildman–Crippen LogP) is 2.38. The molecule has 4 N–H and O–H groups in total. The summed E-state index contributed by atoms with van der Waals surface area (Å²) in [7, 11) is 0. The molecule has 1 aromatic heterocycles. The van der Waals surface area contributed by atoms with Gasteiger partial charge in [-0.05, 0) is 49.1 Å². The van der Waals surface area contributed by atoms with E-state index in [2.05, 4.69) is 15.5 Å². The van der Waals surface area contributed by atoms with Gasteiger partial charge in [-0.15, -0.1) is 0 Å². The minimum absolute atomic E-state index is 0.0388. The zero-order valence-corrected chi connectivity index (χ0v) is 19.9. The molecule has 2 aromatic carbocycles. The highest BCUT2D eigenvalue weighted by Gasteiger charge is 2.37. The fourth-order valence-corrected chi connectivity index (χ4v) is 5.16.